The summed E-state index contributed by atoms with van der Waals surface area (Å²) in [5.74, 6) is 0.670. The van der Waals surface area contributed by atoms with E-state index in [0.717, 1.165) is 45.1 Å². The molecule has 2 N–H and O–H groups in total. The van der Waals surface area contributed by atoms with Gasteiger partial charge in [-0.2, -0.15) is 0 Å². The van der Waals surface area contributed by atoms with Gasteiger partial charge in [-0.25, -0.2) is 0 Å². The number of likely N-dealkylation sites (tertiary alicyclic amines) is 1. The molecule has 1 spiro atoms. The molecule has 0 aromatic rings. The molecule has 5 fully saturated rings. The highest BCUT2D eigenvalue weighted by Gasteiger charge is 2.77. The molecule has 0 aromatic carbocycles. The minimum absolute atomic E-state index is 0.0506. The number of nitrogens with zero attached hydrogens (tertiary/aromatic N) is 1. The lowest BCUT2D eigenvalue weighted by Crippen LogP contribution is -2.78. The number of rotatable bonds is 4. The van der Waals surface area contributed by atoms with Gasteiger partial charge in [0.15, 0.2) is 0 Å². The molecule has 2 heterocycles. The van der Waals surface area contributed by atoms with E-state index in [2.05, 4.69) is 17.3 Å². The van der Waals surface area contributed by atoms with Crippen LogP contribution in [-0.2, 0) is 19.0 Å². The van der Waals surface area contributed by atoms with E-state index in [1.54, 1.807) is 0 Å². The van der Waals surface area contributed by atoms with Gasteiger partial charge in [0.2, 0.25) is 0 Å². The maximum absolute atomic E-state index is 12.4. The minimum atomic E-state index is -0.490. The Bertz CT molecular complexity index is 725. The summed E-state index contributed by atoms with van der Waals surface area (Å²) in [4.78, 5) is 14.9. The number of ether oxygens (including phenoxy) is 3. The molecule has 6 unspecified atom stereocenters. The lowest BCUT2D eigenvalue weighted by Gasteiger charge is -2.69. The molecule has 0 radical (unpaired) electrons. The Hall–Kier alpha value is -0.730. The highest BCUT2D eigenvalue weighted by Crippen LogP contribution is 2.70. The molecular formula is C24H40N2O5. The number of methoxy groups -OCH3 is 1. The molecule has 2 saturated heterocycles. The number of piperidine rings is 1. The average molecular weight is 437 g/mol. The van der Waals surface area contributed by atoms with Crippen molar-refractivity contribution in [2.75, 3.05) is 27.2 Å². The molecule has 5 rings (SSSR count). The molecule has 7 heteroatoms. The number of nitrogens with one attached hydrogen (secondary N) is 1. The number of hydrogen-bond donors (Lipinski definition) is 2. The number of hydrogen-bond acceptors (Lipinski definition) is 7. The van der Waals surface area contributed by atoms with Crippen LogP contribution in [0.4, 0.5) is 0 Å². The van der Waals surface area contributed by atoms with Gasteiger partial charge in [-0.3, -0.25) is 4.79 Å². The largest absolute Gasteiger partial charge is 0.459 e. The molecule has 2 aliphatic heterocycles. The van der Waals surface area contributed by atoms with E-state index in [1.807, 2.05) is 27.9 Å². The Kier molecular flexibility index (Phi) is 5.26. The van der Waals surface area contributed by atoms with Crippen LogP contribution in [0.15, 0.2) is 0 Å². The number of esters is 1. The summed E-state index contributed by atoms with van der Waals surface area (Å²) in [5.41, 5.74) is -0.852. The number of aliphatic hydroxyl groups is 1. The van der Waals surface area contributed by atoms with E-state index in [1.165, 1.54) is 0 Å². The number of aliphatic hydroxyl groups excluding tert-OH is 1. The van der Waals surface area contributed by atoms with Crippen molar-refractivity contribution in [1.29, 1.82) is 0 Å². The lowest BCUT2D eigenvalue weighted by molar-refractivity contribution is -0.269. The Morgan fingerprint density at radius 2 is 2.03 bits per heavy atom. The number of carbonyl (C=O) groups excluding carboxylic acids is 1. The van der Waals surface area contributed by atoms with Crippen LogP contribution in [-0.4, -0.2) is 84.8 Å². The molecule has 176 valence electrons. The van der Waals surface area contributed by atoms with Crippen LogP contribution in [0.3, 0.4) is 0 Å². The zero-order chi connectivity index (χ0) is 22.2. The fourth-order valence-electron chi connectivity index (χ4n) is 8.36. The van der Waals surface area contributed by atoms with Crippen molar-refractivity contribution in [1.82, 2.24) is 10.2 Å². The maximum Gasteiger partial charge on any atom is 0.320 e. The van der Waals surface area contributed by atoms with Gasteiger partial charge in [0, 0.05) is 30.5 Å². The molecular weight excluding hydrogens is 396 g/mol. The summed E-state index contributed by atoms with van der Waals surface area (Å²) >= 11 is 0. The van der Waals surface area contributed by atoms with Gasteiger partial charge in [0.05, 0.1) is 30.5 Å². The highest BCUT2D eigenvalue weighted by molar-refractivity contribution is 5.72. The van der Waals surface area contributed by atoms with Gasteiger partial charge < -0.3 is 29.5 Å². The molecule has 3 aliphatic carbocycles. The standard InChI is InChI=1S/C24H40N2O5/c1-22(2,3)31-18(28)13-25-15-8-9-24(29-5)17-12-14-6-7-16(27)20-19(14)23(24,21(15)30-20)10-11-26(17)4/h14-17,19-21,25,27H,6-13H2,1-5H3/t14?,15?,16?,17?,19?,20?,21-,23-,24+/m0/s1. The second-order valence-corrected chi connectivity index (χ2v) is 11.7. The van der Waals surface area contributed by atoms with Crippen LogP contribution in [0.25, 0.3) is 0 Å². The highest BCUT2D eigenvalue weighted by atomic mass is 16.6. The summed E-state index contributed by atoms with van der Waals surface area (Å²) in [6.45, 7) is 6.89. The maximum atomic E-state index is 12.4. The molecule has 31 heavy (non-hydrogen) atoms. The third kappa shape index (κ3) is 3.07. The monoisotopic (exact) mass is 436 g/mol. The fraction of sp³-hybridized carbons (Fsp3) is 0.958. The van der Waals surface area contributed by atoms with Crippen LogP contribution >= 0.6 is 0 Å². The van der Waals surface area contributed by atoms with Gasteiger partial charge in [-0.15, -0.1) is 0 Å². The van der Waals surface area contributed by atoms with Crippen molar-refractivity contribution in [2.24, 2.45) is 17.3 Å². The Morgan fingerprint density at radius 1 is 1.26 bits per heavy atom. The Labute approximate surface area is 186 Å². The second-order valence-electron chi connectivity index (χ2n) is 11.7. The first kappa shape index (κ1) is 22.1. The first-order valence-electron chi connectivity index (χ1n) is 12.2. The summed E-state index contributed by atoms with van der Waals surface area (Å²) in [6, 6.07) is 0.454. The molecule has 3 saturated carbocycles. The average Bonchev–Trinajstić information content (AvgIpc) is 3.05. The third-order valence-electron chi connectivity index (χ3n) is 9.23. The third-order valence-corrected chi connectivity index (χ3v) is 9.23. The zero-order valence-corrected chi connectivity index (χ0v) is 19.7. The lowest BCUT2D eigenvalue weighted by atomic mass is 9.42. The summed E-state index contributed by atoms with van der Waals surface area (Å²) in [7, 11) is 4.12. The topological polar surface area (TPSA) is 80.3 Å². The van der Waals surface area contributed by atoms with E-state index in [9.17, 15) is 9.90 Å². The van der Waals surface area contributed by atoms with Crippen LogP contribution in [0.5, 0.6) is 0 Å². The fourth-order valence-corrected chi connectivity index (χ4v) is 8.36. The van der Waals surface area contributed by atoms with Gasteiger partial charge in [0.25, 0.3) is 0 Å². The predicted molar refractivity (Wildman–Crippen MR) is 116 cm³/mol. The van der Waals surface area contributed by atoms with Crippen molar-refractivity contribution < 1.29 is 24.1 Å². The quantitative estimate of drug-likeness (QED) is 0.650. The minimum Gasteiger partial charge on any atom is -0.459 e. The normalized spacial score (nSPS) is 48.9. The molecule has 0 aromatic heterocycles. The van der Waals surface area contributed by atoms with E-state index >= 15 is 0 Å². The van der Waals surface area contributed by atoms with Crippen molar-refractivity contribution >= 4 is 5.97 Å². The first-order chi connectivity index (χ1) is 14.6. The molecule has 7 nitrogen and oxygen atoms in total. The Morgan fingerprint density at radius 3 is 2.74 bits per heavy atom. The summed E-state index contributed by atoms with van der Waals surface area (Å²) < 4.78 is 18.8. The predicted octanol–water partition coefficient (Wildman–Crippen LogP) is 1.71. The van der Waals surface area contributed by atoms with E-state index < -0.39 is 11.7 Å². The molecule has 0 amide bonds. The SMILES string of the molecule is CO[C@]12CCC(NCC(=O)OC(C)(C)C)[C@@H]3OC4C(O)CCC5CC1N(C)CC[C@]32C54. The molecule has 9 atom stereocenters. The zero-order valence-electron chi connectivity index (χ0n) is 19.7. The van der Waals surface area contributed by atoms with Crippen LogP contribution < -0.4 is 5.32 Å². The Balaban J connectivity index is 1.47. The van der Waals surface area contributed by atoms with Crippen LogP contribution in [0.1, 0.15) is 59.3 Å². The molecule has 5 aliphatic rings. The van der Waals surface area contributed by atoms with Gasteiger partial charge >= 0.3 is 5.97 Å². The van der Waals surface area contributed by atoms with Crippen molar-refractivity contribution in [3.63, 3.8) is 0 Å². The number of carbonyl (C=O) groups is 1. The van der Waals surface area contributed by atoms with E-state index in [0.29, 0.717) is 17.9 Å². The second kappa shape index (κ2) is 7.39. The summed E-state index contributed by atoms with van der Waals surface area (Å²) in [5, 5.41) is 14.4. The van der Waals surface area contributed by atoms with Crippen LogP contribution in [0.2, 0.25) is 0 Å². The van der Waals surface area contributed by atoms with E-state index in [4.69, 9.17) is 14.2 Å². The first-order valence-corrected chi connectivity index (χ1v) is 12.2. The van der Waals surface area contributed by atoms with Crippen molar-refractivity contribution in [3.8, 4) is 0 Å². The van der Waals surface area contributed by atoms with Crippen LogP contribution in [0, 0.1) is 17.3 Å². The summed E-state index contributed by atoms with van der Waals surface area (Å²) in [6.07, 6.45) is 5.32. The van der Waals surface area contributed by atoms with E-state index in [-0.39, 0.29) is 41.8 Å². The van der Waals surface area contributed by atoms with Gasteiger partial charge in [0.1, 0.15) is 5.60 Å². The van der Waals surface area contributed by atoms with Gasteiger partial charge in [-0.05, 0) is 78.8 Å². The smallest absolute Gasteiger partial charge is 0.320 e. The number of likely N-dealkylation sites (N-methyl/N-ethyl adjacent to an activating group) is 1. The molecule has 2 bridgehead atoms. The van der Waals surface area contributed by atoms with Gasteiger partial charge in [-0.1, -0.05) is 0 Å². The van der Waals surface area contributed by atoms with Crippen molar-refractivity contribution in [3.05, 3.63) is 0 Å². The van der Waals surface area contributed by atoms with Crippen molar-refractivity contribution in [2.45, 2.75) is 101 Å².